The fraction of sp³-hybridized carbons (Fsp3) is 0.429. The monoisotopic (exact) mass is 264 g/mol. The van der Waals surface area contributed by atoms with Gasteiger partial charge in [0.05, 0.1) is 10.5 Å². The fourth-order valence-electron chi connectivity index (χ4n) is 2.90. The number of benzene rings is 1. The Balaban J connectivity index is 2.15. The van der Waals surface area contributed by atoms with E-state index in [-0.39, 0.29) is 5.41 Å². The molecular formula is C14H17ClN2O. The Morgan fingerprint density at radius 3 is 2.83 bits per heavy atom. The molecule has 0 unspecified atom stereocenters. The third-order valence-corrected chi connectivity index (χ3v) is 4.39. The number of hydrogen-bond acceptors (Lipinski definition) is 2. The highest BCUT2D eigenvalue weighted by molar-refractivity contribution is 6.35. The summed E-state index contributed by atoms with van der Waals surface area (Å²) >= 11 is 6.21. The average Bonchev–Trinajstić information content (AvgIpc) is 2.85. The summed E-state index contributed by atoms with van der Waals surface area (Å²) < 4.78 is 5.47. The van der Waals surface area contributed by atoms with Crippen molar-refractivity contribution in [3.63, 3.8) is 0 Å². The van der Waals surface area contributed by atoms with Crippen LogP contribution in [0.15, 0.2) is 24.4 Å². The molecule has 3 nitrogen and oxygen atoms in total. The SMILES string of the molecule is NCC1(c2c[nH]c3c(Cl)cccc23)CCOCC1. The van der Waals surface area contributed by atoms with Gasteiger partial charge in [-0.15, -0.1) is 0 Å². The molecule has 0 radical (unpaired) electrons. The van der Waals surface area contributed by atoms with E-state index in [1.165, 1.54) is 10.9 Å². The number of para-hydroxylation sites is 1. The van der Waals surface area contributed by atoms with E-state index in [0.29, 0.717) is 6.54 Å². The first-order valence-corrected chi connectivity index (χ1v) is 6.68. The molecular weight excluding hydrogens is 248 g/mol. The molecule has 1 aromatic carbocycles. The lowest BCUT2D eigenvalue weighted by atomic mass is 9.74. The maximum atomic E-state index is 6.21. The first-order valence-electron chi connectivity index (χ1n) is 6.31. The predicted octanol–water partition coefficient (Wildman–Crippen LogP) is 2.83. The van der Waals surface area contributed by atoms with Crippen molar-refractivity contribution in [2.45, 2.75) is 18.3 Å². The van der Waals surface area contributed by atoms with Gasteiger partial charge in [-0.25, -0.2) is 0 Å². The molecule has 3 N–H and O–H groups in total. The number of halogens is 1. The number of rotatable bonds is 2. The van der Waals surface area contributed by atoms with Crippen LogP contribution in [0.3, 0.4) is 0 Å². The Morgan fingerprint density at radius 2 is 2.11 bits per heavy atom. The summed E-state index contributed by atoms with van der Waals surface area (Å²) in [6.45, 7) is 2.21. The van der Waals surface area contributed by atoms with Gasteiger partial charge in [0.25, 0.3) is 0 Å². The van der Waals surface area contributed by atoms with Crippen molar-refractivity contribution in [3.05, 3.63) is 35.0 Å². The van der Waals surface area contributed by atoms with Crippen LogP contribution in [0.25, 0.3) is 10.9 Å². The van der Waals surface area contributed by atoms with Gasteiger partial charge in [-0.3, -0.25) is 0 Å². The van der Waals surface area contributed by atoms with Crippen LogP contribution in [0.4, 0.5) is 0 Å². The molecule has 0 atom stereocenters. The summed E-state index contributed by atoms with van der Waals surface area (Å²) in [7, 11) is 0. The normalized spacial score (nSPS) is 19.2. The van der Waals surface area contributed by atoms with Crippen molar-refractivity contribution in [2.75, 3.05) is 19.8 Å². The third-order valence-electron chi connectivity index (χ3n) is 4.08. The molecule has 0 spiro atoms. The van der Waals surface area contributed by atoms with Gasteiger partial charge in [-0.1, -0.05) is 23.7 Å². The van der Waals surface area contributed by atoms with Gasteiger partial charge in [-0.2, -0.15) is 0 Å². The second-order valence-corrected chi connectivity index (χ2v) is 5.37. The van der Waals surface area contributed by atoms with E-state index in [4.69, 9.17) is 22.1 Å². The highest BCUT2D eigenvalue weighted by Crippen LogP contribution is 2.39. The number of nitrogens with two attached hydrogens (primary N) is 1. The molecule has 2 aromatic rings. The number of ether oxygens (including phenoxy) is 1. The summed E-state index contributed by atoms with van der Waals surface area (Å²) in [5, 5.41) is 1.95. The van der Waals surface area contributed by atoms with Crippen LogP contribution in [-0.4, -0.2) is 24.7 Å². The van der Waals surface area contributed by atoms with E-state index in [1.807, 2.05) is 12.1 Å². The molecule has 1 aliphatic heterocycles. The number of hydrogen-bond donors (Lipinski definition) is 2. The minimum Gasteiger partial charge on any atom is -0.381 e. The van der Waals surface area contributed by atoms with Gasteiger partial charge in [0.2, 0.25) is 0 Å². The molecule has 18 heavy (non-hydrogen) atoms. The van der Waals surface area contributed by atoms with Gasteiger partial charge >= 0.3 is 0 Å². The van der Waals surface area contributed by atoms with E-state index in [0.717, 1.165) is 36.6 Å². The van der Waals surface area contributed by atoms with E-state index < -0.39 is 0 Å². The highest BCUT2D eigenvalue weighted by atomic mass is 35.5. The highest BCUT2D eigenvalue weighted by Gasteiger charge is 2.35. The second-order valence-electron chi connectivity index (χ2n) is 4.96. The number of nitrogens with one attached hydrogen (secondary N) is 1. The molecule has 0 aliphatic carbocycles. The van der Waals surface area contributed by atoms with Crippen LogP contribution >= 0.6 is 11.6 Å². The molecule has 1 fully saturated rings. The van der Waals surface area contributed by atoms with E-state index in [2.05, 4.69) is 17.2 Å². The fourth-order valence-corrected chi connectivity index (χ4v) is 3.13. The zero-order chi connectivity index (χ0) is 12.6. The quantitative estimate of drug-likeness (QED) is 0.876. The summed E-state index contributed by atoms with van der Waals surface area (Å²) in [5.74, 6) is 0. The largest absolute Gasteiger partial charge is 0.381 e. The summed E-state index contributed by atoms with van der Waals surface area (Å²) in [5.41, 5.74) is 8.38. The van der Waals surface area contributed by atoms with Crippen molar-refractivity contribution in [1.29, 1.82) is 0 Å². The maximum absolute atomic E-state index is 6.21. The molecule has 0 saturated carbocycles. The average molecular weight is 265 g/mol. The molecule has 4 heteroatoms. The molecule has 0 bridgehead atoms. The van der Waals surface area contributed by atoms with Crippen LogP contribution in [-0.2, 0) is 10.2 Å². The van der Waals surface area contributed by atoms with Crippen LogP contribution in [0.1, 0.15) is 18.4 Å². The van der Waals surface area contributed by atoms with Crippen LogP contribution in [0, 0.1) is 0 Å². The van der Waals surface area contributed by atoms with Crippen LogP contribution in [0.5, 0.6) is 0 Å². The Kier molecular flexibility index (Phi) is 3.06. The van der Waals surface area contributed by atoms with Crippen molar-refractivity contribution in [1.82, 2.24) is 4.98 Å². The topological polar surface area (TPSA) is 51.0 Å². The summed E-state index contributed by atoms with van der Waals surface area (Å²) in [6, 6.07) is 6.01. The third kappa shape index (κ3) is 1.74. The standard InChI is InChI=1S/C14H17ClN2O/c15-12-3-1-2-10-11(8-17-13(10)12)14(9-16)4-6-18-7-5-14/h1-3,8,17H,4-7,9,16H2. The van der Waals surface area contributed by atoms with E-state index in [9.17, 15) is 0 Å². The molecule has 1 saturated heterocycles. The first-order chi connectivity index (χ1) is 8.77. The van der Waals surface area contributed by atoms with Gasteiger partial charge in [-0.05, 0) is 24.5 Å². The predicted molar refractivity (Wildman–Crippen MR) is 74.1 cm³/mol. The van der Waals surface area contributed by atoms with Crippen molar-refractivity contribution in [2.24, 2.45) is 5.73 Å². The number of H-pyrrole nitrogens is 1. The Hall–Kier alpha value is -1.03. The number of fused-ring (bicyclic) bond motifs is 1. The minimum atomic E-state index is 0.0290. The van der Waals surface area contributed by atoms with E-state index in [1.54, 1.807) is 0 Å². The van der Waals surface area contributed by atoms with Gasteiger partial charge in [0.15, 0.2) is 0 Å². The van der Waals surface area contributed by atoms with Gasteiger partial charge in [0, 0.05) is 36.8 Å². The Morgan fingerprint density at radius 1 is 1.33 bits per heavy atom. The Labute approximate surface area is 111 Å². The first kappa shape index (κ1) is 12.0. The molecule has 3 rings (SSSR count). The van der Waals surface area contributed by atoms with Crippen LogP contribution < -0.4 is 5.73 Å². The van der Waals surface area contributed by atoms with Crippen LogP contribution in [0.2, 0.25) is 5.02 Å². The molecule has 1 aromatic heterocycles. The smallest absolute Gasteiger partial charge is 0.0647 e. The van der Waals surface area contributed by atoms with E-state index >= 15 is 0 Å². The lowest BCUT2D eigenvalue weighted by Crippen LogP contribution is -2.40. The summed E-state index contributed by atoms with van der Waals surface area (Å²) in [4.78, 5) is 3.28. The molecule has 2 heterocycles. The minimum absolute atomic E-state index is 0.0290. The molecule has 0 amide bonds. The van der Waals surface area contributed by atoms with Crippen molar-refractivity contribution < 1.29 is 4.74 Å². The Bertz CT molecular complexity index is 558. The molecule has 1 aliphatic rings. The number of aromatic nitrogens is 1. The zero-order valence-electron chi connectivity index (χ0n) is 10.2. The van der Waals surface area contributed by atoms with Crippen molar-refractivity contribution >= 4 is 22.5 Å². The van der Waals surface area contributed by atoms with Gasteiger partial charge in [0.1, 0.15) is 0 Å². The maximum Gasteiger partial charge on any atom is 0.0647 e. The van der Waals surface area contributed by atoms with Gasteiger partial charge < -0.3 is 15.5 Å². The van der Waals surface area contributed by atoms with Crippen molar-refractivity contribution in [3.8, 4) is 0 Å². The lowest BCUT2D eigenvalue weighted by molar-refractivity contribution is 0.0534. The lowest BCUT2D eigenvalue weighted by Gasteiger charge is -2.36. The molecule has 96 valence electrons. The number of aromatic amines is 1. The second kappa shape index (κ2) is 4.57. The zero-order valence-corrected chi connectivity index (χ0v) is 11.0. The summed E-state index contributed by atoms with van der Waals surface area (Å²) in [6.07, 6.45) is 4.01.